The molecule has 0 aliphatic heterocycles. The van der Waals surface area contributed by atoms with Gasteiger partial charge in [0.05, 0.1) is 0 Å². The first kappa shape index (κ1) is 10.3. The van der Waals surface area contributed by atoms with Crippen LogP contribution in [0.3, 0.4) is 0 Å². The van der Waals surface area contributed by atoms with Gasteiger partial charge in [0.2, 0.25) is 0 Å². The van der Waals surface area contributed by atoms with Crippen molar-refractivity contribution in [3.8, 4) is 5.75 Å². The average Bonchev–Trinajstić information content (AvgIpc) is 1.91. The molecule has 0 fully saturated rings. The van der Waals surface area contributed by atoms with Crippen LogP contribution in [0, 0.1) is 0 Å². The molecule has 10 heavy (non-hydrogen) atoms. The molecule has 0 aromatic heterocycles. The Morgan fingerprint density at radius 1 is 1.20 bits per heavy atom. The molecule has 0 heterocycles. The van der Waals surface area contributed by atoms with Crippen molar-refractivity contribution < 1.29 is 9.68 Å². The molecule has 2 nitrogen and oxygen atoms in total. The van der Waals surface area contributed by atoms with Crippen LogP contribution in [0.25, 0.3) is 0 Å². The standard InChI is InChI=1S/C6H7BO2.Ca.2H/c8-7-9-6-4-2-1-3-5-6;;;/h1-5,7-8H;;;. The van der Waals surface area contributed by atoms with E-state index in [0.29, 0.717) is 5.75 Å². The van der Waals surface area contributed by atoms with E-state index in [0.717, 1.165) is 0 Å². The normalized spacial score (nSPS) is 7.70. The second kappa shape index (κ2) is 6.04. The van der Waals surface area contributed by atoms with E-state index in [1.165, 1.54) is 0 Å². The van der Waals surface area contributed by atoms with Gasteiger partial charge in [-0.1, -0.05) is 18.2 Å². The van der Waals surface area contributed by atoms with Crippen molar-refractivity contribution in [1.82, 2.24) is 0 Å². The van der Waals surface area contributed by atoms with Gasteiger partial charge in [-0.25, -0.2) is 0 Å². The molecule has 0 atom stereocenters. The number of para-hydroxylation sites is 1. The van der Waals surface area contributed by atoms with Crippen molar-refractivity contribution in [2.24, 2.45) is 0 Å². The zero-order valence-electron chi connectivity index (χ0n) is 4.95. The van der Waals surface area contributed by atoms with E-state index in [9.17, 15) is 0 Å². The Kier molecular flexibility index (Phi) is 6.23. The van der Waals surface area contributed by atoms with Gasteiger partial charge in [-0.15, -0.1) is 0 Å². The Bertz CT molecular complexity index is 169. The van der Waals surface area contributed by atoms with Crippen LogP contribution in [0.2, 0.25) is 0 Å². The molecule has 0 bridgehead atoms. The van der Waals surface area contributed by atoms with E-state index in [4.69, 9.17) is 9.68 Å². The molecule has 1 N–H and O–H groups in total. The zero-order valence-corrected chi connectivity index (χ0v) is 4.95. The van der Waals surface area contributed by atoms with Crippen LogP contribution < -0.4 is 4.65 Å². The molecule has 1 aromatic carbocycles. The molecule has 0 spiro atoms. The van der Waals surface area contributed by atoms with Gasteiger partial charge in [0.15, 0.2) is 0 Å². The minimum atomic E-state index is -0.260. The fourth-order valence-corrected chi connectivity index (χ4v) is 0.591. The molecule has 0 saturated carbocycles. The van der Waals surface area contributed by atoms with Crippen LogP contribution in [0.15, 0.2) is 30.3 Å². The summed E-state index contributed by atoms with van der Waals surface area (Å²) in [7, 11) is -0.260. The molecule has 4 heteroatoms. The van der Waals surface area contributed by atoms with Crippen LogP contribution in [-0.4, -0.2) is 50.4 Å². The number of rotatable bonds is 2. The third kappa shape index (κ3) is 3.47. The minimum absolute atomic E-state index is 0. The molecule has 0 aliphatic carbocycles. The van der Waals surface area contributed by atoms with Crippen LogP contribution in [-0.2, 0) is 0 Å². The molecule has 50 valence electrons. The molecule has 0 saturated heterocycles. The molecule has 0 unspecified atom stereocenters. The summed E-state index contributed by atoms with van der Waals surface area (Å²) >= 11 is 0. The molecular weight excluding hydrogens is 155 g/mol. The third-order valence-electron chi connectivity index (χ3n) is 0.974. The quantitative estimate of drug-likeness (QED) is 0.592. The summed E-state index contributed by atoms with van der Waals surface area (Å²) in [5.41, 5.74) is 0. The maximum atomic E-state index is 8.30. The third-order valence-corrected chi connectivity index (χ3v) is 0.974. The molecule has 0 aliphatic rings. The predicted molar refractivity (Wildman–Crippen MR) is 45.0 cm³/mol. The maximum absolute atomic E-state index is 8.30. The van der Waals surface area contributed by atoms with Gasteiger partial charge >= 0.3 is 45.4 Å². The first-order valence-electron chi connectivity index (χ1n) is 2.72. The number of hydrogen-bond donors (Lipinski definition) is 1. The van der Waals surface area contributed by atoms with Gasteiger partial charge in [0, 0.05) is 0 Å². The molecule has 0 amide bonds. The van der Waals surface area contributed by atoms with Crippen molar-refractivity contribution in [3.63, 3.8) is 0 Å². The molecule has 1 aromatic rings. The van der Waals surface area contributed by atoms with E-state index in [2.05, 4.69) is 0 Å². The van der Waals surface area contributed by atoms with Crippen molar-refractivity contribution >= 4 is 45.4 Å². The summed E-state index contributed by atoms with van der Waals surface area (Å²) in [6.07, 6.45) is 0. The fourth-order valence-electron chi connectivity index (χ4n) is 0.591. The van der Waals surface area contributed by atoms with E-state index >= 15 is 0 Å². The second-order valence-corrected chi connectivity index (χ2v) is 1.59. The average molecular weight is 164 g/mol. The van der Waals surface area contributed by atoms with Gasteiger partial charge in [-0.05, 0) is 12.1 Å². The summed E-state index contributed by atoms with van der Waals surface area (Å²) in [6.45, 7) is 0. The SMILES string of the molecule is OBOc1ccccc1.[CaH2]. The van der Waals surface area contributed by atoms with Crippen LogP contribution in [0.4, 0.5) is 0 Å². The van der Waals surface area contributed by atoms with Gasteiger partial charge in [0.25, 0.3) is 0 Å². The van der Waals surface area contributed by atoms with Crippen molar-refractivity contribution in [2.45, 2.75) is 0 Å². The number of hydrogen-bond acceptors (Lipinski definition) is 2. The van der Waals surface area contributed by atoms with Gasteiger partial charge in [-0.3, -0.25) is 0 Å². The summed E-state index contributed by atoms with van der Waals surface area (Å²) in [5.74, 6) is 0.694. The Morgan fingerprint density at radius 3 is 2.30 bits per heavy atom. The predicted octanol–water partition coefficient (Wildman–Crippen LogP) is -0.592. The Hall–Kier alpha value is 0.305. The van der Waals surface area contributed by atoms with E-state index in [1.807, 2.05) is 18.2 Å². The summed E-state index contributed by atoms with van der Waals surface area (Å²) in [4.78, 5) is 0. The van der Waals surface area contributed by atoms with Gasteiger partial charge in [-0.2, -0.15) is 0 Å². The van der Waals surface area contributed by atoms with Crippen molar-refractivity contribution in [1.29, 1.82) is 0 Å². The van der Waals surface area contributed by atoms with Crippen LogP contribution in [0.5, 0.6) is 5.75 Å². The van der Waals surface area contributed by atoms with Crippen molar-refractivity contribution in [2.75, 3.05) is 0 Å². The Balaban J connectivity index is 0.000000810. The first-order valence-corrected chi connectivity index (χ1v) is 2.72. The Morgan fingerprint density at radius 2 is 1.80 bits per heavy atom. The summed E-state index contributed by atoms with van der Waals surface area (Å²) in [5, 5.41) is 8.30. The van der Waals surface area contributed by atoms with Gasteiger partial charge < -0.3 is 9.68 Å². The summed E-state index contributed by atoms with van der Waals surface area (Å²) < 4.78 is 4.76. The molecule has 1 rings (SSSR count). The summed E-state index contributed by atoms with van der Waals surface area (Å²) in [6, 6.07) is 9.17. The fraction of sp³-hybridized carbons (Fsp3) is 0. The van der Waals surface area contributed by atoms with E-state index in [1.54, 1.807) is 12.1 Å². The van der Waals surface area contributed by atoms with Gasteiger partial charge in [0.1, 0.15) is 5.75 Å². The Labute approximate surface area is 90.5 Å². The topological polar surface area (TPSA) is 29.5 Å². The molecule has 0 radical (unpaired) electrons. The monoisotopic (exact) mass is 164 g/mol. The van der Waals surface area contributed by atoms with Crippen LogP contribution >= 0.6 is 0 Å². The van der Waals surface area contributed by atoms with E-state index < -0.39 is 0 Å². The first-order chi connectivity index (χ1) is 4.43. The zero-order chi connectivity index (χ0) is 6.53. The van der Waals surface area contributed by atoms with E-state index in [-0.39, 0.29) is 45.4 Å². The van der Waals surface area contributed by atoms with Crippen LogP contribution in [0.1, 0.15) is 0 Å². The molecular formula is C6H9BCaO2. The van der Waals surface area contributed by atoms with Crippen molar-refractivity contribution in [3.05, 3.63) is 30.3 Å². The number of benzene rings is 1. The second-order valence-electron chi connectivity index (χ2n) is 1.59.